The van der Waals surface area contributed by atoms with Crippen LogP contribution in [0.15, 0.2) is 0 Å². The summed E-state index contributed by atoms with van der Waals surface area (Å²) in [4.78, 5) is 14.2. The van der Waals surface area contributed by atoms with Crippen LogP contribution in [0.3, 0.4) is 0 Å². The second-order valence-electron chi connectivity index (χ2n) is 3.22. The molecule has 0 amide bonds. The predicted molar refractivity (Wildman–Crippen MR) is 38.4 cm³/mol. The first-order valence-electron chi connectivity index (χ1n) is 3.63. The lowest BCUT2D eigenvalue weighted by molar-refractivity contribution is 0.111. The van der Waals surface area contributed by atoms with E-state index in [1.807, 2.05) is 0 Å². The number of nitrogens with one attached hydrogen (secondary N) is 1. The summed E-state index contributed by atoms with van der Waals surface area (Å²) in [7, 11) is 0. The normalized spacial score (nSPS) is 19.7. The fraction of sp³-hybridized carbons (Fsp3) is 0.571. The van der Waals surface area contributed by atoms with Crippen molar-refractivity contribution < 1.29 is 4.79 Å². The van der Waals surface area contributed by atoms with E-state index in [2.05, 4.69) is 22.1 Å². The molecule has 1 aliphatic carbocycles. The zero-order valence-electron chi connectivity index (χ0n) is 6.29. The molecule has 1 aliphatic rings. The molecule has 0 bridgehead atoms. The highest BCUT2D eigenvalue weighted by Gasteiger charge is 2.42. The van der Waals surface area contributed by atoms with Gasteiger partial charge >= 0.3 is 0 Å². The second kappa shape index (κ2) is 1.90. The Morgan fingerprint density at radius 1 is 1.64 bits per heavy atom. The summed E-state index contributed by atoms with van der Waals surface area (Å²) in [5, 5.41) is 6.50. The van der Waals surface area contributed by atoms with Crippen LogP contribution in [-0.2, 0) is 5.41 Å². The molecule has 0 radical (unpaired) electrons. The number of hydrogen-bond donors (Lipinski definition) is 1. The molecular formula is C7H9N3O. The Balaban J connectivity index is 2.32. The largest absolute Gasteiger partial charge is 0.294 e. The zero-order valence-corrected chi connectivity index (χ0v) is 6.29. The average molecular weight is 151 g/mol. The summed E-state index contributed by atoms with van der Waals surface area (Å²) in [5.41, 5.74) is 0.175. The summed E-state index contributed by atoms with van der Waals surface area (Å²) in [6.07, 6.45) is 2.94. The smallest absolute Gasteiger partial charge is 0.214 e. The molecule has 1 aromatic heterocycles. The number of aromatic amines is 1. The molecule has 4 nitrogen and oxygen atoms in total. The third kappa shape index (κ3) is 0.943. The van der Waals surface area contributed by atoms with E-state index >= 15 is 0 Å². The summed E-state index contributed by atoms with van der Waals surface area (Å²) in [5.74, 6) is 1.10. The van der Waals surface area contributed by atoms with Gasteiger partial charge in [-0.1, -0.05) is 6.92 Å². The molecule has 1 saturated carbocycles. The Kier molecular flexibility index (Phi) is 1.13. The maximum absolute atomic E-state index is 10.2. The summed E-state index contributed by atoms with van der Waals surface area (Å²) in [6.45, 7) is 2.11. The van der Waals surface area contributed by atoms with Crippen LogP contribution in [0.2, 0.25) is 0 Å². The molecule has 0 unspecified atom stereocenters. The third-order valence-electron chi connectivity index (χ3n) is 2.18. The number of nitrogens with zero attached hydrogens (tertiary/aromatic N) is 2. The van der Waals surface area contributed by atoms with Gasteiger partial charge in [0.05, 0.1) is 0 Å². The lowest BCUT2D eigenvalue weighted by atomic mass is 10.1. The Hall–Kier alpha value is -1.19. The van der Waals surface area contributed by atoms with E-state index in [0.29, 0.717) is 6.29 Å². The van der Waals surface area contributed by atoms with E-state index in [1.165, 1.54) is 0 Å². The van der Waals surface area contributed by atoms with Gasteiger partial charge in [0.15, 0.2) is 6.29 Å². The van der Waals surface area contributed by atoms with E-state index in [4.69, 9.17) is 0 Å². The van der Waals surface area contributed by atoms with Gasteiger partial charge in [0.25, 0.3) is 0 Å². The van der Waals surface area contributed by atoms with Crippen LogP contribution < -0.4 is 0 Å². The molecule has 1 fully saturated rings. The highest BCUT2D eigenvalue weighted by molar-refractivity contribution is 5.68. The Morgan fingerprint density at radius 3 is 2.82 bits per heavy atom. The van der Waals surface area contributed by atoms with Gasteiger partial charge in [0.2, 0.25) is 5.82 Å². The number of hydrogen-bond acceptors (Lipinski definition) is 3. The quantitative estimate of drug-likeness (QED) is 0.632. The third-order valence-corrected chi connectivity index (χ3v) is 2.18. The van der Waals surface area contributed by atoms with Crippen LogP contribution in [0.5, 0.6) is 0 Å². The zero-order chi connectivity index (χ0) is 7.90. The number of H-pyrrole nitrogens is 1. The fourth-order valence-electron chi connectivity index (χ4n) is 1.02. The summed E-state index contributed by atoms with van der Waals surface area (Å²) in [6, 6.07) is 0. The van der Waals surface area contributed by atoms with Gasteiger partial charge in [0.1, 0.15) is 5.82 Å². The maximum Gasteiger partial charge on any atom is 0.214 e. The first kappa shape index (κ1) is 6.52. The van der Waals surface area contributed by atoms with Crippen LogP contribution in [0.4, 0.5) is 0 Å². The van der Waals surface area contributed by atoms with Gasteiger partial charge in [-0.15, -0.1) is 0 Å². The molecule has 0 aromatic carbocycles. The monoisotopic (exact) mass is 151 g/mol. The number of carbonyl (C=O) groups is 1. The molecule has 0 atom stereocenters. The minimum absolute atomic E-state index is 0.175. The molecule has 58 valence electrons. The molecule has 1 aromatic rings. The van der Waals surface area contributed by atoms with Crippen molar-refractivity contribution in [3.05, 3.63) is 11.6 Å². The standard InChI is InChI=1S/C7H9N3O/c1-7(2-3-7)6-8-5(4-11)9-10-6/h4H,2-3H2,1H3,(H,8,9,10). The SMILES string of the molecule is CC1(c2nc(C=O)n[nH]2)CC1. The van der Waals surface area contributed by atoms with E-state index in [-0.39, 0.29) is 11.2 Å². The molecule has 1 N–H and O–H groups in total. The van der Waals surface area contributed by atoms with E-state index in [9.17, 15) is 4.79 Å². The number of carbonyl (C=O) groups excluding carboxylic acids is 1. The first-order chi connectivity index (χ1) is 5.24. The second-order valence-corrected chi connectivity index (χ2v) is 3.22. The minimum atomic E-state index is 0.175. The lowest BCUT2D eigenvalue weighted by Gasteiger charge is -1.99. The highest BCUT2D eigenvalue weighted by Crippen LogP contribution is 2.45. The lowest BCUT2D eigenvalue weighted by Crippen LogP contribution is -2.02. The Bertz CT molecular complexity index is 288. The molecule has 1 heterocycles. The number of aromatic nitrogens is 3. The Labute approximate surface area is 64.0 Å². The van der Waals surface area contributed by atoms with Gasteiger partial charge in [-0.05, 0) is 12.8 Å². The molecule has 4 heteroatoms. The van der Waals surface area contributed by atoms with Gasteiger partial charge in [-0.2, -0.15) is 5.10 Å². The van der Waals surface area contributed by atoms with E-state index < -0.39 is 0 Å². The molecule has 0 saturated heterocycles. The van der Waals surface area contributed by atoms with E-state index in [1.54, 1.807) is 0 Å². The van der Waals surface area contributed by atoms with Gasteiger partial charge in [-0.3, -0.25) is 9.89 Å². The maximum atomic E-state index is 10.2. The highest BCUT2D eigenvalue weighted by atomic mass is 16.1. The van der Waals surface area contributed by atoms with Crippen LogP contribution in [0.1, 0.15) is 36.2 Å². The van der Waals surface area contributed by atoms with Crippen molar-refractivity contribution in [2.75, 3.05) is 0 Å². The Morgan fingerprint density at radius 2 is 2.36 bits per heavy atom. The van der Waals surface area contributed by atoms with Crippen molar-refractivity contribution in [1.29, 1.82) is 0 Å². The first-order valence-corrected chi connectivity index (χ1v) is 3.63. The van der Waals surface area contributed by atoms with Crippen molar-refractivity contribution in [3.8, 4) is 0 Å². The van der Waals surface area contributed by atoms with Gasteiger partial charge in [-0.25, -0.2) is 4.98 Å². The minimum Gasteiger partial charge on any atom is -0.294 e. The molecule has 2 rings (SSSR count). The van der Waals surface area contributed by atoms with Gasteiger partial charge < -0.3 is 0 Å². The molecule has 0 spiro atoms. The van der Waals surface area contributed by atoms with Crippen molar-refractivity contribution >= 4 is 6.29 Å². The van der Waals surface area contributed by atoms with Crippen LogP contribution in [0, 0.1) is 0 Å². The van der Waals surface area contributed by atoms with Crippen LogP contribution in [0.25, 0.3) is 0 Å². The average Bonchev–Trinajstić information content (AvgIpc) is 2.61. The fourth-order valence-corrected chi connectivity index (χ4v) is 1.02. The van der Waals surface area contributed by atoms with Gasteiger partial charge in [0, 0.05) is 5.41 Å². The molecular weight excluding hydrogens is 142 g/mol. The van der Waals surface area contributed by atoms with Crippen molar-refractivity contribution in [2.24, 2.45) is 0 Å². The number of aldehydes is 1. The molecule has 0 aliphatic heterocycles. The topological polar surface area (TPSA) is 58.6 Å². The predicted octanol–water partition coefficient (Wildman–Crippen LogP) is 0.669. The number of rotatable bonds is 2. The van der Waals surface area contributed by atoms with Crippen molar-refractivity contribution in [1.82, 2.24) is 15.2 Å². The van der Waals surface area contributed by atoms with Crippen molar-refractivity contribution in [2.45, 2.75) is 25.2 Å². The van der Waals surface area contributed by atoms with E-state index in [0.717, 1.165) is 18.7 Å². The summed E-state index contributed by atoms with van der Waals surface area (Å²) >= 11 is 0. The van der Waals surface area contributed by atoms with Crippen LogP contribution >= 0.6 is 0 Å². The van der Waals surface area contributed by atoms with Crippen molar-refractivity contribution in [3.63, 3.8) is 0 Å². The molecule has 11 heavy (non-hydrogen) atoms. The summed E-state index contributed by atoms with van der Waals surface area (Å²) < 4.78 is 0. The van der Waals surface area contributed by atoms with Crippen LogP contribution in [-0.4, -0.2) is 21.5 Å².